The van der Waals surface area contributed by atoms with Crippen molar-refractivity contribution in [3.05, 3.63) is 36.0 Å². The van der Waals surface area contributed by atoms with Gasteiger partial charge < -0.3 is 19.8 Å². The minimum Gasteiger partial charge on any atom is -0.506 e. The van der Waals surface area contributed by atoms with Crippen molar-refractivity contribution in [2.24, 2.45) is 0 Å². The predicted octanol–water partition coefficient (Wildman–Crippen LogP) is 2.23. The summed E-state index contributed by atoms with van der Waals surface area (Å²) in [6.45, 7) is 0. The molecule has 0 aliphatic heterocycles. The molecular weight excluding hydrogens is 272 g/mol. The van der Waals surface area contributed by atoms with E-state index in [-0.39, 0.29) is 16.9 Å². The van der Waals surface area contributed by atoms with Crippen LogP contribution in [0.25, 0.3) is 11.3 Å². The average Bonchev–Trinajstić information content (AvgIpc) is 2.46. The highest BCUT2D eigenvalue weighted by Gasteiger charge is 2.20. The lowest BCUT2D eigenvalue weighted by molar-refractivity contribution is 0.0694. The van der Waals surface area contributed by atoms with Gasteiger partial charge >= 0.3 is 5.97 Å². The van der Waals surface area contributed by atoms with Crippen molar-refractivity contribution in [3.8, 4) is 22.8 Å². The molecule has 0 aliphatic carbocycles. The van der Waals surface area contributed by atoms with Crippen LogP contribution in [-0.2, 0) is 0 Å². The Morgan fingerprint density at radius 2 is 2.00 bits per heavy atom. The topological polar surface area (TPSA) is 82.9 Å². The SMILES string of the molecule is COc1ccc(C(=O)O)c(O)c1-c1cc(N(C)C)ccn1. The predicted molar refractivity (Wildman–Crippen MR) is 79.2 cm³/mol. The lowest BCUT2D eigenvalue weighted by atomic mass is 10.0. The van der Waals surface area contributed by atoms with Gasteiger partial charge in [0.1, 0.15) is 17.1 Å². The molecule has 6 nitrogen and oxygen atoms in total. The molecule has 0 unspecified atom stereocenters. The van der Waals surface area contributed by atoms with Gasteiger partial charge in [0.05, 0.1) is 18.4 Å². The Hall–Kier alpha value is -2.76. The number of carboxylic acid groups (broad SMARTS) is 1. The number of ether oxygens (including phenoxy) is 1. The van der Waals surface area contributed by atoms with Crippen molar-refractivity contribution in [2.45, 2.75) is 0 Å². The van der Waals surface area contributed by atoms with E-state index in [2.05, 4.69) is 4.98 Å². The maximum atomic E-state index is 11.2. The van der Waals surface area contributed by atoms with Crippen LogP contribution in [0.1, 0.15) is 10.4 Å². The zero-order valence-electron chi connectivity index (χ0n) is 12.0. The van der Waals surface area contributed by atoms with Crippen LogP contribution in [0.2, 0.25) is 0 Å². The maximum Gasteiger partial charge on any atom is 0.339 e. The zero-order chi connectivity index (χ0) is 15.6. The summed E-state index contributed by atoms with van der Waals surface area (Å²) < 4.78 is 5.21. The first-order valence-corrected chi connectivity index (χ1v) is 6.22. The summed E-state index contributed by atoms with van der Waals surface area (Å²) in [6.07, 6.45) is 1.59. The molecule has 2 aromatic rings. The van der Waals surface area contributed by atoms with Crippen molar-refractivity contribution in [2.75, 3.05) is 26.1 Å². The smallest absolute Gasteiger partial charge is 0.339 e. The molecule has 21 heavy (non-hydrogen) atoms. The Labute approximate surface area is 122 Å². The van der Waals surface area contributed by atoms with E-state index in [9.17, 15) is 9.90 Å². The number of nitrogens with zero attached hydrogens (tertiary/aromatic N) is 2. The molecule has 110 valence electrons. The Balaban J connectivity index is 2.69. The second-order valence-electron chi connectivity index (χ2n) is 4.64. The number of aromatic carboxylic acids is 1. The third kappa shape index (κ3) is 2.74. The number of methoxy groups -OCH3 is 1. The number of rotatable bonds is 4. The standard InChI is InChI=1S/C15H16N2O4/c1-17(2)9-6-7-16-11(8-9)13-12(21-3)5-4-10(14(13)18)15(19)20/h4-8,18H,1-3H3,(H,19,20). The Kier molecular flexibility index (Phi) is 3.98. The molecule has 2 rings (SSSR count). The monoisotopic (exact) mass is 288 g/mol. The van der Waals surface area contributed by atoms with Gasteiger partial charge in [-0.25, -0.2) is 4.79 Å². The van der Waals surface area contributed by atoms with Gasteiger partial charge in [-0.3, -0.25) is 4.98 Å². The van der Waals surface area contributed by atoms with Gasteiger partial charge in [0.25, 0.3) is 0 Å². The fourth-order valence-electron chi connectivity index (χ4n) is 2.00. The quantitative estimate of drug-likeness (QED) is 0.897. The fraction of sp³-hybridized carbons (Fsp3) is 0.200. The number of hydrogen-bond acceptors (Lipinski definition) is 5. The van der Waals surface area contributed by atoms with Crippen molar-refractivity contribution in [3.63, 3.8) is 0 Å². The highest BCUT2D eigenvalue weighted by atomic mass is 16.5. The number of phenols is 1. The van der Waals surface area contributed by atoms with Crippen molar-refractivity contribution >= 4 is 11.7 Å². The molecule has 1 aromatic heterocycles. The minimum absolute atomic E-state index is 0.192. The zero-order valence-corrected chi connectivity index (χ0v) is 12.0. The molecule has 0 radical (unpaired) electrons. The molecule has 0 atom stereocenters. The van der Waals surface area contributed by atoms with Gasteiger partial charge in [0.2, 0.25) is 0 Å². The average molecular weight is 288 g/mol. The van der Waals surface area contributed by atoms with E-state index in [1.807, 2.05) is 25.1 Å². The number of benzene rings is 1. The van der Waals surface area contributed by atoms with Crippen molar-refractivity contribution < 1.29 is 19.7 Å². The van der Waals surface area contributed by atoms with Crippen LogP contribution in [0.4, 0.5) is 5.69 Å². The molecule has 1 heterocycles. The lowest BCUT2D eigenvalue weighted by Gasteiger charge is -2.15. The van der Waals surface area contributed by atoms with Crippen LogP contribution in [-0.4, -0.2) is 42.4 Å². The summed E-state index contributed by atoms with van der Waals surface area (Å²) >= 11 is 0. The summed E-state index contributed by atoms with van der Waals surface area (Å²) in [7, 11) is 5.21. The van der Waals surface area contributed by atoms with E-state index >= 15 is 0 Å². The van der Waals surface area contributed by atoms with Crippen LogP contribution >= 0.6 is 0 Å². The molecule has 1 aromatic carbocycles. The van der Waals surface area contributed by atoms with Gasteiger partial charge in [-0.15, -0.1) is 0 Å². The molecule has 0 fully saturated rings. The van der Waals surface area contributed by atoms with E-state index in [4.69, 9.17) is 9.84 Å². The normalized spacial score (nSPS) is 10.2. The number of aromatic nitrogens is 1. The molecule has 0 saturated heterocycles. The molecule has 0 amide bonds. The maximum absolute atomic E-state index is 11.2. The molecule has 0 saturated carbocycles. The number of pyridine rings is 1. The molecule has 2 N–H and O–H groups in total. The molecule has 6 heteroatoms. The van der Waals surface area contributed by atoms with E-state index < -0.39 is 5.97 Å². The van der Waals surface area contributed by atoms with Gasteiger partial charge in [-0.1, -0.05) is 0 Å². The van der Waals surface area contributed by atoms with Crippen LogP contribution < -0.4 is 9.64 Å². The van der Waals surface area contributed by atoms with Crippen LogP contribution in [0.5, 0.6) is 11.5 Å². The first-order chi connectivity index (χ1) is 9.95. The third-order valence-electron chi connectivity index (χ3n) is 3.11. The molecule has 0 aliphatic rings. The number of anilines is 1. The van der Waals surface area contributed by atoms with E-state index in [1.54, 1.807) is 12.3 Å². The van der Waals surface area contributed by atoms with E-state index in [1.165, 1.54) is 19.2 Å². The fourth-order valence-corrected chi connectivity index (χ4v) is 2.00. The molecular formula is C15H16N2O4. The Morgan fingerprint density at radius 1 is 1.29 bits per heavy atom. The van der Waals surface area contributed by atoms with Gasteiger partial charge in [0, 0.05) is 26.0 Å². The number of aromatic hydroxyl groups is 1. The highest BCUT2D eigenvalue weighted by molar-refractivity contribution is 5.95. The van der Waals surface area contributed by atoms with Crippen LogP contribution in [0.3, 0.4) is 0 Å². The summed E-state index contributed by atoms with van der Waals surface area (Å²) in [5.74, 6) is -1.20. The second kappa shape index (κ2) is 5.70. The molecule has 0 bridgehead atoms. The number of hydrogen-bond donors (Lipinski definition) is 2. The van der Waals surface area contributed by atoms with Gasteiger partial charge in [-0.2, -0.15) is 0 Å². The van der Waals surface area contributed by atoms with E-state index in [0.29, 0.717) is 11.4 Å². The largest absolute Gasteiger partial charge is 0.506 e. The third-order valence-corrected chi connectivity index (χ3v) is 3.11. The summed E-state index contributed by atoms with van der Waals surface area (Å²) in [5, 5.41) is 19.4. The first-order valence-electron chi connectivity index (χ1n) is 6.22. The van der Waals surface area contributed by atoms with Crippen LogP contribution in [0, 0.1) is 0 Å². The summed E-state index contributed by atoms with van der Waals surface area (Å²) in [6, 6.07) is 6.37. The lowest BCUT2D eigenvalue weighted by Crippen LogP contribution is -2.08. The molecule has 0 spiro atoms. The van der Waals surface area contributed by atoms with Gasteiger partial charge in [0.15, 0.2) is 0 Å². The number of carboxylic acids is 1. The Morgan fingerprint density at radius 3 is 2.57 bits per heavy atom. The Bertz CT molecular complexity index is 683. The highest BCUT2D eigenvalue weighted by Crippen LogP contribution is 2.39. The van der Waals surface area contributed by atoms with Crippen LogP contribution in [0.15, 0.2) is 30.5 Å². The van der Waals surface area contributed by atoms with Crippen molar-refractivity contribution in [1.82, 2.24) is 4.98 Å². The first kappa shape index (κ1) is 14.6. The summed E-state index contributed by atoms with van der Waals surface area (Å²) in [4.78, 5) is 17.2. The van der Waals surface area contributed by atoms with Gasteiger partial charge in [-0.05, 0) is 24.3 Å². The van der Waals surface area contributed by atoms with E-state index in [0.717, 1.165) is 5.69 Å². The minimum atomic E-state index is -1.21. The number of carbonyl (C=O) groups is 1. The van der Waals surface area contributed by atoms with Crippen molar-refractivity contribution in [1.29, 1.82) is 0 Å². The second-order valence-corrected chi connectivity index (χ2v) is 4.64. The summed E-state index contributed by atoms with van der Waals surface area (Å²) in [5.41, 5.74) is 1.39.